The molecule has 0 bridgehead atoms. The molecular formula is C5H17ClN2Si2. The highest BCUT2D eigenvalue weighted by Crippen LogP contribution is 2.01. The summed E-state index contributed by atoms with van der Waals surface area (Å²) in [6.07, 6.45) is 0. The van der Waals surface area contributed by atoms with Crippen LogP contribution in [-0.2, 0) is 0 Å². The summed E-state index contributed by atoms with van der Waals surface area (Å²) in [5, 5.41) is 0. The molecule has 5 heteroatoms. The van der Waals surface area contributed by atoms with E-state index in [1.165, 1.54) is 0 Å². The first-order valence-electron chi connectivity index (χ1n) is 3.49. The van der Waals surface area contributed by atoms with Crippen LogP contribution >= 0.6 is 11.1 Å². The first-order chi connectivity index (χ1) is 4.46. The van der Waals surface area contributed by atoms with E-state index in [9.17, 15) is 0 Å². The Labute approximate surface area is 71.9 Å². The zero-order valence-corrected chi connectivity index (χ0v) is 10.5. The molecule has 10 heavy (non-hydrogen) atoms. The molecule has 2 nitrogen and oxygen atoms in total. The minimum atomic E-state index is -1.23. The highest BCUT2D eigenvalue weighted by atomic mass is 35.6. The predicted molar refractivity (Wildman–Crippen MR) is 53.3 cm³/mol. The predicted octanol–water partition coefficient (Wildman–Crippen LogP) is 0.419. The van der Waals surface area contributed by atoms with Crippen molar-refractivity contribution in [2.45, 2.75) is 13.1 Å². The molecule has 1 atom stereocenters. The number of hydrogen-bond acceptors (Lipinski definition) is 2. The van der Waals surface area contributed by atoms with Gasteiger partial charge in [-0.15, -0.1) is 11.1 Å². The highest BCUT2D eigenvalue weighted by molar-refractivity contribution is 7.06. The Kier molecular flexibility index (Phi) is 4.80. The van der Waals surface area contributed by atoms with Gasteiger partial charge in [-0.1, -0.05) is 13.1 Å². The third-order valence-electron chi connectivity index (χ3n) is 1.58. The summed E-state index contributed by atoms with van der Waals surface area (Å²) in [6, 6.07) is 0. The smallest absolute Gasteiger partial charge is 0.284 e. The summed E-state index contributed by atoms with van der Waals surface area (Å²) < 4.78 is 4.52. The van der Waals surface area contributed by atoms with Crippen molar-refractivity contribution in [2.24, 2.45) is 0 Å². The van der Waals surface area contributed by atoms with Gasteiger partial charge in [0.25, 0.3) is 8.43 Å². The Balaban J connectivity index is 3.81. The molecule has 0 radical (unpaired) electrons. The van der Waals surface area contributed by atoms with Crippen LogP contribution in [0.5, 0.6) is 0 Å². The van der Waals surface area contributed by atoms with Crippen molar-refractivity contribution >= 4 is 28.5 Å². The molecule has 0 aromatic heterocycles. The Morgan fingerprint density at radius 2 is 1.50 bits per heavy atom. The molecule has 0 aromatic carbocycles. The van der Waals surface area contributed by atoms with E-state index in [1.807, 2.05) is 0 Å². The average Bonchev–Trinajstić information content (AvgIpc) is 1.84. The lowest BCUT2D eigenvalue weighted by molar-refractivity contribution is 0.594. The van der Waals surface area contributed by atoms with Crippen LogP contribution in [0.2, 0.25) is 13.1 Å². The monoisotopic (exact) mass is 196 g/mol. The summed E-state index contributed by atoms with van der Waals surface area (Å²) in [5.41, 5.74) is 0. The van der Waals surface area contributed by atoms with Gasteiger partial charge in [0.1, 0.15) is 0 Å². The number of rotatable bonds is 3. The van der Waals surface area contributed by atoms with Crippen molar-refractivity contribution in [3.63, 3.8) is 0 Å². The van der Waals surface area contributed by atoms with Gasteiger partial charge in [-0.05, 0) is 21.1 Å². The minimum Gasteiger partial charge on any atom is -0.329 e. The summed E-state index contributed by atoms with van der Waals surface area (Å²) >= 11 is 6.19. The molecule has 0 rings (SSSR count). The standard InChI is InChI=1S/C5H17ClN2Si2/c1-7(2)10(6)8(3)9(4)5/h9-10H,1-5H3. The largest absolute Gasteiger partial charge is 0.329 e. The van der Waals surface area contributed by atoms with E-state index in [0.717, 1.165) is 0 Å². The molecule has 62 valence electrons. The first-order valence-corrected chi connectivity index (χ1v) is 9.09. The molecule has 0 amide bonds. The van der Waals surface area contributed by atoms with Crippen LogP contribution in [0.1, 0.15) is 0 Å². The molecular weight excluding hydrogens is 180 g/mol. The quantitative estimate of drug-likeness (QED) is 0.477. The van der Waals surface area contributed by atoms with Gasteiger partial charge < -0.3 is 8.80 Å². The van der Waals surface area contributed by atoms with E-state index in [2.05, 4.69) is 43.0 Å². The highest BCUT2D eigenvalue weighted by Gasteiger charge is 2.18. The van der Waals surface area contributed by atoms with Crippen molar-refractivity contribution in [3.05, 3.63) is 0 Å². The van der Waals surface area contributed by atoms with Crippen LogP contribution in [0.3, 0.4) is 0 Å². The first kappa shape index (κ1) is 10.6. The normalized spacial score (nSPS) is 15.3. The molecule has 0 heterocycles. The molecule has 0 N–H and O–H groups in total. The van der Waals surface area contributed by atoms with Gasteiger partial charge in [0.15, 0.2) is 0 Å². The minimum absolute atomic E-state index is 0.657. The SMILES string of the molecule is CN(C)[SiH](Cl)N(C)[SiH](C)C. The average molecular weight is 197 g/mol. The van der Waals surface area contributed by atoms with Crippen LogP contribution in [-0.4, -0.2) is 47.3 Å². The van der Waals surface area contributed by atoms with Gasteiger partial charge in [-0.25, -0.2) is 0 Å². The second-order valence-electron chi connectivity index (χ2n) is 3.03. The summed E-state index contributed by atoms with van der Waals surface area (Å²) in [5.74, 6) is 0. The second kappa shape index (κ2) is 4.51. The lowest BCUT2D eigenvalue weighted by Crippen LogP contribution is -2.48. The molecule has 0 aliphatic heterocycles. The maximum atomic E-state index is 6.19. The van der Waals surface area contributed by atoms with Crippen molar-refractivity contribution < 1.29 is 0 Å². The fraction of sp³-hybridized carbons (Fsp3) is 1.00. The second-order valence-corrected chi connectivity index (χ2v) is 10.3. The number of nitrogens with zero attached hydrogens (tertiary/aromatic N) is 2. The van der Waals surface area contributed by atoms with Crippen LogP contribution in [0.25, 0.3) is 0 Å². The topological polar surface area (TPSA) is 6.48 Å². The summed E-state index contributed by atoms with van der Waals surface area (Å²) in [4.78, 5) is 0. The van der Waals surface area contributed by atoms with Crippen molar-refractivity contribution in [1.82, 2.24) is 8.80 Å². The van der Waals surface area contributed by atoms with E-state index >= 15 is 0 Å². The van der Waals surface area contributed by atoms with E-state index in [1.54, 1.807) is 0 Å². The molecule has 0 saturated heterocycles. The fourth-order valence-corrected chi connectivity index (χ4v) is 6.14. The molecule has 0 aliphatic rings. The zero-order chi connectivity index (χ0) is 8.31. The molecule has 0 saturated carbocycles. The number of halogens is 1. The van der Waals surface area contributed by atoms with Gasteiger partial charge in [-0.2, -0.15) is 0 Å². The Morgan fingerprint density at radius 3 is 1.60 bits per heavy atom. The van der Waals surface area contributed by atoms with E-state index in [-0.39, 0.29) is 0 Å². The van der Waals surface area contributed by atoms with Crippen molar-refractivity contribution in [3.8, 4) is 0 Å². The molecule has 1 unspecified atom stereocenters. The lowest BCUT2D eigenvalue weighted by Gasteiger charge is -2.28. The molecule has 0 fully saturated rings. The fourth-order valence-electron chi connectivity index (χ4n) is 0.610. The van der Waals surface area contributed by atoms with Crippen molar-refractivity contribution in [2.75, 3.05) is 21.1 Å². The number of hydrogen-bond donors (Lipinski definition) is 0. The Morgan fingerprint density at radius 1 is 1.10 bits per heavy atom. The van der Waals surface area contributed by atoms with Crippen molar-refractivity contribution in [1.29, 1.82) is 0 Å². The van der Waals surface area contributed by atoms with E-state index in [0.29, 0.717) is 0 Å². The third-order valence-corrected chi connectivity index (χ3v) is 10.0. The van der Waals surface area contributed by atoms with Gasteiger partial charge >= 0.3 is 0 Å². The summed E-state index contributed by atoms with van der Waals surface area (Å²) in [6.45, 7) is 4.60. The van der Waals surface area contributed by atoms with Crippen LogP contribution < -0.4 is 0 Å². The van der Waals surface area contributed by atoms with Gasteiger partial charge in [0, 0.05) is 0 Å². The van der Waals surface area contributed by atoms with Crippen LogP contribution in [0.15, 0.2) is 0 Å². The van der Waals surface area contributed by atoms with Gasteiger partial charge in [0.2, 0.25) is 0 Å². The van der Waals surface area contributed by atoms with E-state index < -0.39 is 17.4 Å². The third kappa shape index (κ3) is 3.16. The zero-order valence-electron chi connectivity index (χ0n) is 7.43. The van der Waals surface area contributed by atoms with E-state index in [4.69, 9.17) is 11.1 Å². The molecule has 0 spiro atoms. The van der Waals surface area contributed by atoms with Gasteiger partial charge in [-0.3, -0.25) is 0 Å². The van der Waals surface area contributed by atoms with Crippen LogP contribution in [0.4, 0.5) is 0 Å². The molecule has 0 aromatic rings. The Hall–Kier alpha value is 0.644. The van der Waals surface area contributed by atoms with Crippen LogP contribution in [0, 0.1) is 0 Å². The molecule has 0 aliphatic carbocycles. The maximum absolute atomic E-state index is 6.19. The summed E-state index contributed by atoms with van der Waals surface area (Å²) in [7, 11) is 4.36. The maximum Gasteiger partial charge on any atom is 0.284 e. The Bertz CT molecular complexity index is 87.6. The van der Waals surface area contributed by atoms with Gasteiger partial charge in [0.05, 0.1) is 8.96 Å². The lowest BCUT2D eigenvalue weighted by atomic mass is 11.3.